The van der Waals surface area contributed by atoms with E-state index in [9.17, 15) is 0 Å². The molecule has 39 heavy (non-hydrogen) atoms. The van der Waals surface area contributed by atoms with Gasteiger partial charge < -0.3 is 10.1 Å². The standard InChI is InChI=1S/C36H31NOS/c1-3-13-33-29(7-1)31-11-5-9-27(35(31)38-33)23-15-19-25(20-16-23)37-26-21-17-24(18-22-26)28-10-6-12-32-30-8-2-4-14-34(30)39-36(28)32/h1-9,12-15,17-21,23,26,28,31,37H,10-11,16,22H2. The van der Waals surface area contributed by atoms with Crippen molar-refractivity contribution in [1.82, 2.24) is 5.32 Å². The highest BCUT2D eigenvalue weighted by molar-refractivity contribution is 7.19. The van der Waals surface area contributed by atoms with E-state index in [1.807, 2.05) is 11.3 Å². The first-order valence-electron chi connectivity index (χ1n) is 14.2. The monoisotopic (exact) mass is 525 g/mol. The number of allylic oxidation sites excluding steroid dienone is 10. The van der Waals surface area contributed by atoms with Crippen molar-refractivity contribution in [2.24, 2.45) is 5.92 Å². The van der Waals surface area contributed by atoms with E-state index in [1.54, 1.807) is 0 Å². The van der Waals surface area contributed by atoms with Crippen LogP contribution in [0.2, 0.25) is 0 Å². The Labute approximate surface area is 234 Å². The van der Waals surface area contributed by atoms with Crippen LogP contribution < -0.4 is 10.1 Å². The van der Waals surface area contributed by atoms with E-state index in [4.69, 9.17) is 4.74 Å². The lowest BCUT2D eigenvalue weighted by molar-refractivity contribution is 0.411. The van der Waals surface area contributed by atoms with Gasteiger partial charge in [-0.15, -0.1) is 11.3 Å². The summed E-state index contributed by atoms with van der Waals surface area (Å²) in [6, 6.07) is 17.6. The highest BCUT2D eigenvalue weighted by Gasteiger charge is 2.34. The van der Waals surface area contributed by atoms with Crippen molar-refractivity contribution in [3.63, 3.8) is 0 Å². The summed E-state index contributed by atoms with van der Waals surface area (Å²) in [6.45, 7) is 0. The van der Waals surface area contributed by atoms with Gasteiger partial charge in [0.05, 0.1) is 0 Å². The second-order valence-corrected chi connectivity index (χ2v) is 12.2. The van der Waals surface area contributed by atoms with Crippen LogP contribution in [-0.2, 0) is 0 Å². The first-order valence-corrected chi connectivity index (χ1v) is 15.0. The number of nitrogens with one attached hydrogen (secondary N) is 1. The molecule has 0 amide bonds. The third kappa shape index (κ3) is 3.99. The maximum Gasteiger partial charge on any atom is 0.130 e. The zero-order valence-corrected chi connectivity index (χ0v) is 22.7. The Morgan fingerprint density at radius 3 is 2.54 bits per heavy atom. The molecular formula is C36H31NOS. The number of para-hydroxylation sites is 1. The molecule has 1 aliphatic heterocycles. The van der Waals surface area contributed by atoms with E-state index in [2.05, 4.69) is 115 Å². The smallest absolute Gasteiger partial charge is 0.130 e. The minimum absolute atomic E-state index is 0.330. The number of hydrogen-bond acceptors (Lipinski definition) is 3. The molecule has 0 saturated heterocycles. The number of ether oxygens (including phenoxy) is 1. The highest BCUT2D eigenvalue weighted by Crippen LogP contribution is 2.48. The van der Waals surface area contributed by atoms with Crippen LogP contribution >= 0.6 is 11.3 Å². The Morgan fingerprint density at radius 1 is 0.769 bits per heavy atom. The van der Waals surface area contributed by atoms with Gasteiger partial charge in [0.2, 0.25) is 0 Å². The molecule has 2 aromatic carbocycles. The van der Waals surface area contributed by atoms with Crippen molar-refractivity contribution in [3.05, 3.63) is 142 Å². The van der Waals surface area contributed by atoms with Gasteiger partial charge in [-0.1, -0.05) is 91.1 Å². The molecule has 5 aliphatic rings. The summed E-state index contributed by atoms with van der Waals surface area (Å²) in [5, 5.41) is 5.17. The molecule has 4 unspecified atom stereocenters. The lowest BCUT2D eigenvalue weighted by Crippen LogP contribution is -2.28. The van der Waals surface area contributed by atoms with Gasteiger partial charge in [0.1, 0.15) is 11.5 Å². The molecule has 2 nitrogen and oxygen atoms in total. The van der Waals surface area contributed by atoms with Crippen molar-refractivity contribution in [1.29, 1.82) is 0 Å². The second kappa shape index (κ2) is 9.43. The van der Waals surface area contributed by atoms with Crippen molar-refractivity contribution >= 4 is 27.5 Å². The lowest BCUT2D eigenvalue weighted by Gasteiger charge is -2.27. The topological polar surface area (TPSA) is 21.3 Å². The van der Waals surface area contributed by atoms with Gasteiger partial charge in [-0.3, -0.25) is 0 Å². The van der Waals surface area contributed by atoms with E-state index in [1.165, 1.54) is 42.9 Å². The number of rotatable bonds is 4. The van der Waals surface area contributed by atoms with E-state index in [0.717, 1.165) is 37.2 Å². The zero-order chi connectivity index (χ0) is 25.8. The summed E-state index contributed by atoms with van der Waals surface area (Å²) in [4.78, 5) is 1.52. The molecule has 2 heterocycles. The van der Waals surface area contributed by atoms with Gasteiger partial charge in [-0.2, -0.15) is 0 Å². The van der Waals surface area contributed by atoms with Crippen molar-refractivity contribution in [2.75, 3.05) is 0 Å². The van der Waals surface area contributed by atoms with Crippen LogP contribution in [0.25, 0.3) is 16.2 Å². The van der Waals surface area contributed by atoms with Crippen LogP contribution in [0.3, 0.4) is 0 Å². The third-order valence-electron chi connectivity index (χ3n) is 8.80. The number of thiophene rings is 1. The Morgan fingerprint density at radius 2 is 1.64 bits per heavy atom. The molecule has 1 aromatic heterocycles. The van der Waals surface area contributed by atoms with Crippen LogP contribution in [0.1, 0.15) is 53.5 Å². The average molecular weight is 526 g/mol. The third-order valence-corrected chi connectivity index (χ3v) is 10.1. The van der Waals surface area contributed by atoms with Crippen LogP contribution in [0, 0.1) is 5.92 Å². The minimum atomic E-state index is 0.330. The maximum atomic E-state index is 6.36. The minimum Gasteiger partial charge on any atom is -0.460 e. The fraction of sp³-hybridized carbons (Fsp3) is 0.222. The summed E-state index contributed by atoms with van der Waals surface area (Å²) >= 11 is 1.97. The number of hydrogen-bond donors (Lipinski definition) is 1. The summed E-state index contributed by atoms with van der Waals surface area (Å²) < 4.78 is 7.76. The largest absolute Gasteiger partial charge is 0.460 e. The van der Waals surface area contributed by atoms with E-state index < -0.39 is 0 Å². The van der Waals surface area contributed by atoms with Crippen LogP contribution in [0.5, 0.6) is 5.75 Å². The fourth-order valence-corrected chi connectivity index (χ4v) is 8.15. The molecule has 3 heteroatoms. The summed E-state index contributed by atoms with van der Waals surface area (Å²) in [7, 11) is 0. The van der Waals surface area contributed by atoms with Gasteiger partial charge in [-0.25, -0.2) is 0 Å². The lowest BCUT2D eigenvalue weighted by atomic mass is 9.82. The predicted molar refractivity (Wildman–Crippen MR) is 163 cm³/mol. The van der Waals surface area contributed by atoms with Crippen molar-refractivity contribution in [2.45, 2.75) is 43.6 Å². The van der Waals surface area contributed by atoms with Crippen LogP contribution in [-0.4, -0.2) is 6.04 Å². The molecule has 192 valence electrons. The van der Waals surface area contributed by atoms with E-state index in [0.29, 0.717) is 23.8 Å². The first kappa shape index (κ1) is 23.1. The molecule has 0 fully saturated rings. The molecule has 8 rings (SSSR count). The van der Waals surface area contributed by atoms with Gasteiger partial charge in [0.25, 0.3) is 0 Å². The van der Waals surface area contributed by atoms with E-state index in [-0.39, 0.29) is 0 Å². The quantitative estimate of drug-likeness (QED) is 0.367. The predicted octanol–water partition coefficient (Wildman–Crippen LogP) is 9.10. The Bertz CT molecular complexity index is 1690. The van der Waals surface area contributed by atoms with Gasteiger partial charge in [0.15, 0.2) is 0 Å². The van der Waals surface area contributed by atoms with Crippen LogP contribution in [0.4, 0.5) is 0 Å². The Hall–Kier alpha value is -3.82. The van der Waals surface area contributed by atoms with Crippen molar-refractivity contribution in [3.8, 4) is 5.75 Å². The number of fused-ring (bicyclic) bond motifs is 6. The molecule has 0 spiro atoms. The van der Waals surface area contributed by atoms with Crippen LogP contribution in [0.15, 0.2) is 126 Å². The molecule has 0 radical (unpaired) electrons. The zero-order valence-electron chi connectivity index (χ0n) is 21.8. The van der Waals surface area contributed by atoms with Crippen molar-refractivity contribution < 1.29 is 4.74 Å². The molecule has 0 saturated carbocycles. The SMILES string of the molecule is C1=CC(C2C=CC(NC3C=CC(C4CC=Cc5c4sc4ccccc54)=CC3)=CC2)=C2Oc3ccccc3C2C1. The first-order chi connectivity index (χ1) is 19.3. The molecule has 1 N–H and O–H groups in total. The number of benzene rings is 2. The average Bonchev–Trinajstić information content (AvgIpc) is 3.57. The molecule has 4 aliphatic carbocycles. The molecule has 3 aromatic rings. The molecular weight excluding hydrogens is 494 g/mol. The summed E-state index contributed by atoms with van der Waals surface area (Å²) in [6.07, 6.45) is 27.6. The highest BCUT2D eigenvalue weighted by atomic mass is 32.1. The fourth-order valence-electron chi connectivity index (χ4n) is 6.81. The van der Waals surface area contributed by atoms with Gasteiger partial charge >= 0.3 is 0 Å². The maximum absolute atomic E-state index is 6.36. The van der Waals surface area contributed by atoms with Gasteiger partial charge in [0, 0.05) is 44.6 Å². The Balaban J connectivity index is 0.938. The summed E-state index contributed by atoms with van der Waals surface area (Å²) in [5.41, 5.74) is 6.78. The van der Waals surface area contributed by atoms with E-state index >= 15 is 0 Å². The molecule has 4 atom stereocenters. The summed E-state index contributed by atoms with van der Waals surface area (Å²) in [5.74, 6) is 3.39. The normalized spacial score (nSPS) is 26.6. The van der Waals surface area contributed by atoms with Gasteiger partial charge in [-0.05, 0) is 66.0 Å². The molecule has 0 bridgehead atoms. The Kier molecular flexibility index (Phi) is 5.58. The second-order valence-electron chi connectivity index (χ2n) is 11.1.